The third kappa shape index (κ3) is 3.95. The standard InChI is InChI=1S/C15H23NS/c1-12-5-3-6-13(9-12)11-16-14-7-4-8-15(10-14)17-2/h4,7-8,10,12-13,16H,3,5-6,9,11H2,1-2H3. The van der Waals surface area contributed by atoms with Crippen LogP contribution >= 0.6 is 11.8 Å². The highest BCUT2D eigenvalue weighted by Gasteiger charge is 2.18. The Kier molecular flexibility index (Phi) is 4.78. The molecule has 17 heavy (non-hydrogen) atoms. The van der Waals surface area contributed by atoms with Gasteiger partial charge in [0.2, 0.25) is 0 Å². The van der Waals surface area contributed by atoms with Crippen molar-refractivity contribution in [2.24, 2.45) is 11.8 Å². The number of anilines is 1. The Morgan fingerprint density at radius 1 is 1.35 bits per heavy atom. The summed E-state index contributed by atoms with van der Waals surface area (Å²) in [5, 5.41) is 3.60. The molecule has 1 aromatic rings. The molecule has 2 unspecified atom stereocenters. The first kappa shape index (κ1) is 12.8. The van der Waals surface area contributed by atoms with Crippen LogP contribution < -0.4 is 5.32 Å². The molecule has 2 rings (SSSR count). The monoisotopic (exact) mass is 249 g/mol. The van der Waals surface area contributed by atoms with Crippen LogP contribution in [0.1, 0.15) is 32.6 Å². The first-order chi connectivity index (χ1) is 8.28. The van der Waals surface area contributed by atoms with Crippen molar-refractivity contribution < 1.29 is 0 Å². The molecule has 0 bridgehead atoms. The number of hydrogen-bond acceptors (Lipinski definition) is 2. The van der Waals surface area contributed by atoms with E-state index in [0.717, 1.165) is 18.4 Å². The lowest BCUT2D eigenvalue weighted by molar-refractivity contribution is 0.293. The van der Waals surface area contributed by atoms with Crippen molar-refractivity contribution in [3.05, 3.63) is 24.3 Å². The van der Waals surface area contributed by atoms with E-state index in [2.05, 4.69) is 42.8 Å². The molecule has 2 atom stereocenters. The lowest BCUT2D eigenvalue weighted by Crippen LogP contribution is -2.20. The summed E-state index contributed by atoms with van der Waals surface area (Å²) in [7, 11) is 0. The van der Waals surface area contributed by atoms with Gasteiger partial charge in [-0.25, -0.2) is 0 Å². The number of benzene rings is 1. The van der Waals surface area contributed by atoms with Crippen LogP contribution in [0.4, 0.5) is 5.69 Å². The summed E-state index contributed by atoms with van der Waals surface area (Å²) in [6, 6.07) is 8.72. The second-order valence-corrected chi connectivity index (χ2v) is 6.13. The molecule has 1 N–H and O–H groups in total. The largest absolute Gasteiger partial charge is 0.385 e. The molecule has 0 spiro atoms. The SMILES string of the molecule is CSc1cccc(NCC2CCCC(C)C2)c1. The molecule has 0 radical (unpaired) electrons. The van der Waals surface area contributed by atoms with Crippen molar-refractivity contribution >= 4 is 17.4 Å². The van der Waals surface area contributed by atoms with E-state index in [1.165, 1.54) is 36.3 Å². The molecular formula is C15H23NS. The van der Waals surface area contributed by atoms with Crippen LogP contribution in [0.2, 0.25) is 0 Å². The summed E-state index contributed by atoms with van der Waals surface area (Å²) in [5.74, 6) is 1.80. The summed E-state index contributed by atoms with van der Waals surface area (Å²) < 4.78 is 0. The first-order valence-electron chi connectivity index (χ1n) is 6.66. The Hall–Kier alpha value is -0.630. The van der Waals surface area contributed by atoms with E-state index in [4.69, 9.17) is 0 Å². The van der Waals surface area contributed by atoms with Gasteiger partial charge < -0.3 is 5.32 Å². The van der Waals surface area contributed by atoms with Gasteiger partial charge in [0.15, 0.2) is 0 Å². The molecule has 0 saturated heterocycles. The molecule has 0 amide bonds. The zero-order valence-electron chi connectivity index (χ0n) is 10.9. The quantitative estimate of drug-likeness (QED) is 0.780. The van der Waals surface area contributed by atoms with Gasteiger partial charge in [0.25, 0.3) is 0 Å². The molecule has 1 aliphatic rings. The normalized spacial score (nSPS) is 24.6. The minimum absolute atomic E-state index is 0.872. The van der Waals surface area contributed by atoms with E-state index in [0.29, 0.717) is 0 Å². The van der Waals surface area contributed by atoms with Gasteiger partial charge in [0.1, 0.15) is 0 Å². The summed E-state index contributed by atoms with van der Waals surface area (Å²) >= 11 is 1.80. The van der Waals surface area contributed by atoms with Gasteiger partial charge in [-0.15, -0.1) is 11.8 Å². The molecule has 1 saturated carbocycles. The van der Waals surface area contributed by atoms with E-state index in [9.17, 15) is 0 Å². The maximum atomic E-state index is 3.60. The molecule has 1 nitrogen and oxygen atoms in total. The fraction of sp³-hybridized carbons (Fsp3) is 0.600. The van der Waals surface area contributed by atoms with E-state index in [-0.39, 0.29) is 0 Å². The topological polar surface area (TPSA) is 12.0 Å². The molecular weight excluding hydrogens is 226 g/mol. The second-order valence-electron chi connectivity index (χ2n) is 5.25. The smallest absolute Gasteiger partial charge is 0.0351 e. The third-order valence-corrected chi connectivity index (χ3v) is 4.43. The lowest BCUT2D eigenvalue weighted by Gasteiger charge is -2.27. The summed E-state index contributed by atoms with van der Waals surface area (Å²) in [6.45, 7) is 3.53. The van der Waals surface area contributed by atoms with Crippen molar-refractivity contribution in [2.75, 3.05) is 18.1 Å². The predicted octanol–water partition coefficient (Wildman–Crippen LogP) is 4.65. The van der Waals surface area contributed by atoms with Crippen molar-refractivity contribution in [1.29, 1.82) is 0 Å². The summed E-state index contributed by atoms with van der Waals surface area (Å²) in [6.07, 6.45) is 7.77. The molecule has 2 heteroatoms. The number of hydrogen-bond donors (Lipinski definition) is 1. The third-order valence-electron chi connectivity index (χ3n) is 3.71. The highest BCUT2D eigenvalue weighted by molar-refractivity contribution is 7.98. The first-order valence-corrected chi connectivity index (χ1v) is 7.88. The van der Waals surface area contributed by atoms with E-state index in [1.54, 1.807) is 11.8 Å². The Morgan fingerprint density at radius 3 is 3.00 bits per heavy atom. The van der Waals surface area contributed by atoms with Crippen LogP contribution in [0.3, 0.4) is 0 Å². The van der Waals surface area contributed by atoms with E-state index < -0.39 is 0 Å². The average Bonchev–Trinajstić information content (AvgIpc) is 2.37. The zero-order chi connectivity index (χ0) is 12.1. The lowest BCUT2D eigenvalue weighted by atomic mass is 9.82. The Morgan fingerprint density at radius 2 is 2.24 bits per heavy atom. The van der Waals surface area contributed by atoms with Gasteiger partial charge in [-0.3, -0.25) is 0 Å². The molecule has 0 aromatic heterocycles. The van der Waals surface area contributed by atoms with Crippen LogP contribution in [0.25, 0.3) is 0 Å². The fourth-order valence-electron chi connectivity index (χ4n) is 2.74. The van der Waals surface area contributed by atoms with E-state index in [1.807, 2.05) is 0 Å². The fourth-order valence-corrected chi connectivity index (χ4v) is 3.20. The van der Waals surface area contributed by atoms with Crippen molar-refractivity contribution in [2.45, 2.75) is 37.5 Å². The van der Waals surface area contributed by atoms with Crippen molar-refractivity contribution in [3.63, 3.8) is 0 Å². The molecule has 0 aliphatic heterocycles. The molecule has 94 valence electrons. The zero-order valence-corrected chi connectivity index (χ0v) is 11.7. The minimum Gasteiger partial charge on any atom is -0.385 e. The van der Waals surface area contributed by atoms with Crippen molar-refractivity contribution in [3.8, 4) is 0 Å². The van der Waals surface area contributed by atoms with Crippen LogP contribution in [0.15, 0.2) is 29.2 Å². The summed E-state index contributed by atoms with van der Waals surface area (Å²) in [5.41, 5.74) is 1.27. The van der Waals surface area contributed by atoms with Gasteiger partial charge in [-0.05, 0) is 49.1 Å². The molecule has 0 heterocycles. The maximum absolute atomic E-state index is 3.60. The Balaban J connectivity index is 1.84. The van der Waals surface area contributed by atoms with Gasteiger partial charge in [0.05, 0.1) is 0 Å². The van der Waals surface area contributed by atoms with E-state index >= 15 is 0 Å². The molecule has 1 aromatic carbocycles. The van der Waals surface area contributed by atoms with Gasteiger partial charge in [0, 0.05) is 17.1 Å². The highest BCUT2D eigenvalue weighted by atomic mass is 32.2. The van der Waals surface area contributed by atoms with Crippen LogP contribution in [-0.2, 0) is 0 Å². The average molecular weight is 249 g/mol. The molecule has 1 aliphatic carbocycles. The van der Waals surface area contributed by atoms with Gasteiger partial charge in [-0.2, -0.15) is 0 Å². The van der Waals surface area contributed by atoms with Crippen molar-refractivity contribution in [1.82, 2.24) is 0 Å². The Labute approximate surface area is 109 Å². The number of rotatable bonds is 4. The summed E-state index contributed by atoms with van der Waals surface area (Å²) in [4.78, 5) is 1.34. The number of thioether (sulfide) groups is 1. The van der Waals surface area contributed by atoms with Crippen LogP contribution in [0.5, 0.6) is 0 Å². The van der Waals surface area contributed by atoms with Crippen LogP contribution in [-0.4, -0.2) is 12.8 Å². The number of nitrogens with one attached hydrogen (secondary N) is 1. The second kappa shape index (κ2) is 6.34. The predicted molar refractivity (Wildman–Crippen MR) is 77.8 cm³/mol. The minimum atomic E-state index is 0.872. The molecule has 1 fully saturated rings. The van der Waals surface area contributed by atoms with Gasteiger partial charge >= 0.3 is 0 Å². The highest BCUT2D eigenvalue weighted by Crippen LogP contribution is 2.29. The maximum Gasteiger partial charge on any atom is 0.0351 e. The van der Waals surface area contributed by atoms with Crippen LogP contribution in [0, 0.1) is 11.8 Å². The Bertz CT molecular complexity index is 351. The van der Waals surface area contributed by atoms with Gasteiger partial charge in [-0.1, -0.05) is 25.8 Å².